The number of ether oxygens (including phenoxy) is 1. The average molecular weight is 478 g/mol. The first-order valence-electron chi connectivity index (χ1n) is 12.1. The topological polar surface area (TPSA) is 108 Å². The summed E-state index contributed by atoms with van der Waals surface area (Å²) in [5.41, 5.74) is 4.08. The Balaban J connectivity index is 1.16. The molecule has 5 rings (SSSR count). The normalized spacial score (nSPS) is 24.8. The molecule has 3 aliphatic carbocycles. The van der Waals surface area contributed by atoms with E-state index < -0.39 is 23.5 Å². The molecule has 2 fully saturated rings. The molecular formula is C27H31N3O5. The molecule has 0 radical (unpaired) electrons. The molecule has 8 nitrogen and oxygen atoms in total. The Bertz CT molecular complexity index is 1120. The first-order chi connectivity index (χ1) is 16.8. The monoisotopic (exact) mass is 477 g/mol. The van der Waals surface area contributed by atoms with Gasteiger partial charge in [-0.1, -0.05) is 48.5 Å². The third-order valence-electron chi connectivity index (χ3n) is 7.68. The van der Waals surface area contributed by atoms with Crippen molar-refractivity contribution in [2.45, 2.75) is 37.3 Å². The first kappa shape index (κ1) is 23.4. The number of likely N-dealkylation sites (N-methyl/N-ethyl adjacent to an activating group) is 1. The summed E-state index contributed by atoms with van der Waals surface area (Å²) in [6.07, 6.45) is 1.45. The van der Waals surface area contributed by atoms with Gasteiger partial charge in [0.05, 0.1) is 5.41 Å². The lowest BCUT2D eigenvalue weighted by molar-refractivity contribution is -0.143. The molecule has 2 aromatic rings. The number of hydrogen-bond acceptors (Lipinski definition) is 5. The molecule has 0 saturated heterocycles. The number of alkyl carbamates (subject to hydrolysis) is 1. The van der Waals surface area contributed by atoms with Gasteiger partial charge in [0.15, 0.2) is 0 Å². The zero-order valence-corrected chi connectivity index (χ0v) is 20.0. The van der Waals surface area contributed by atoms with Crippen LogP contribution in [0, 0.1) is 11.3 Å². The van der Waals surface area contributed by atoms with Crippen LogP contribution in [0.3, 0.4) is 0 Å². The fourth-order valence-electron chi connectivity index (χ4n) is 5.95. The molecule has 0 aromatic heterocycles. The van der Waals surface area contributed by atoms with Crippen molar-refractivity contribution in [3.63, 3.8) is 0 Å². The van der Waals surface area contributed by atoms with Gasteiger partial charge in [0.1, 0.15) is 12.6 Å². The van der Waals surface area contributed by atoms with Gasteiger partial charge in [-0.25, -0.2) is 9.59 Å². The zero-order chi connectivity index (χ0) is 24.7. The van der Waals surface area contributed by atoms with Crippen molar-refractivity contribution in [2.24, 2.45) is 11.3 Å². The summed E-state index contributed by atoms with van der Waals surface area (Å²) in [6.45, 7) is 0.468. The Hall–Kier alpha value is -3.39. The molecular weight excluding hydrogens is 446 g/mol. The molecule has 0 heterocycles. The van der Waals surface area contributed by atoms with Crippen LogP contribution in [0.15, 0.2) is 48.5 Å². The van der Waals surface area contributed by atoms with Crippen molar-refractivity contribution in [1.82, 2.24) is 15.5 Å². The minimum atomic E-state index is -1.05. The molecule has 3 aliphatic rings. The fourth-order valence-corrected chi connectivity index (χ4v) is 5.95. The van der Waals surface area contributed by atoms with Crippen molar-refractivity contribution in [2.75, 3.05) is 27.2 Å². The summed E-state index contributed by atoms with van der Waals surface area (Å²) >= 11 is 0. The van der Waals surface area contributed by atoms with Gasteiger partial charge in [-0.2, -0.15) is 0 Å². The number of carbonyl (C=O) groups excluding carboxylic acids is 2. The number of amides is 2. The fraction of sp³-hybridized carbons (Fsp3) is 0.444. The lowest BCUT2D eigenvalue weighted by atomic mass is 9.98. The van der Waals surface area contributed by atoms with Gasteiger partial charge in [0.25, 0.3) is 0 Å². The summed E-state index contributed by atoms with van der Waals surface area (Å²) in [6, 6.07) is 15.3. The maximum Gasteiger partial charge on any atom is 0.407 e. The van der Waals surface area contributed by atoms with Crippen molar-refractivity contribution in [3.8, 4) is 11.1 Å². The van der Waals surface area contributed by atoms with Crippen molar-refractivity contribution in [1.29, 1.82) is 0 Å². The van der Waals surface area contributed by atoms with Gasteiger partial charge >= 0.3 is 12.1 Å². The number of carboxylic acid groups (broad SMARTS) is 1. The van der Waals surface area contributed by atoms with Gasteiger partial charge in [-0.05, 0) is 61.5 Å². The van der Waals surface area contributed by atoms with E-state index >= 15 is 0 Å². The summed E-state index contributed by atoms with van der Waals surface area (Å²) in [4.78, 5) is 38.8. The Morgan fingerprint density at radius 3 is 2.29 bits per heavy atom. The highest BCUT2D eigenvalue weighted by atomic mass is 16.5. The molecule has 2 amide bonds. The Morgan fingerprint density at radius 2 is 1.69 bits per heavy atom. The van der Waals surface area contributed by atoms with E-state index in [1.165, 1.54) is 11.1 Å². The Labute approximate surface area is 204 Å². The predicted octanol–water partition coefficient (Wildman–Crippen LogP) is 2.82. The second-order valence-corrected chi connectivity index (χ2v) is 10.3. The highest BCUT2D eigenvalue weighted by molar-refractivity contribution is 5.90. The Kier molecular flexibility index (Phi) is 6.01. The number of nitrogens with one attached hydrogen (secondary N) is 2. The van der Waals surface area contributed by atoms with Gasteiger partial charge in [-0.15, -0.1) is 0 Å². The van der Waals surface area contributed by atoms with Crippen LogP contribution in [0.1, 0.15) is 36.3 Å². The van der Waals surface area contributed by atoms with E-state index in [9.17, 15) is 19.5 Å². The molecule has 0 bridgehead atoms. The second-order valence-electron chi connectivity index (χ2n) is 10.3. The molecule has 0 unspecified atom stereocenters. The van der Waals surface area contributed by atoms with E-state index in [0.717, 1.165) is 17.5 Å². The van der Waals surface area contributed by atoms with E-state index in [2.05, 4.69) is 34.9 Å². The number of fused-ring (bicyclic) bond motifs is 4. The number of rotatable bonds is 8. The minimum absolute atomic E-state index is 0.00750. The smallest absolute Gasteiger partial charge is 0.407 e. The van der Waals surface area contributed by atoms with E-state index in [1.807, 2.05) is 24.3 Å². The molecule has 0 spiro atoms. The van der Waals surface area contributed by atoms with Gasteiger partial charge < -0.3 is 25.4 Å². The molecule has 3 N–H and O–H groups in total. The SMILES string of the molecule is CN(C)C[C@H](NC(=O)[C@]12C[C@H](NC(=O)OCC3c4ccccc4-c4ccccc43)C[C@H]1C2)C(=O)O. The number of aliphatic carboxylic acids is 1. The number of benzene rings is 2. The van der Waals surface area contributed by atoms with Crippen LogP contribution in [-0.2, 0) is 14.3 Å². The third kappa shape index (κ3) is 4.38. The van der Waals surface area contributed by atoms with Gasteiger partial charge in [-0.3, -0.25) is 4.79 Å². The van der Waals surface area contributed by atoms with Crippen LogP contribution < -0.4 is 10.6 Å². The summed E-state index contributed by atoms with van der Waals surface area (Å²) < 4.78 is 5.65. The van der Waals surface area contributed by atoms with Crippen LogP contribution >= 0.6 is 0 Å². The largest absolute Gasteiger partial charge is 0.480 e. The summed E-state index contributed by atoms with van der Waals surface area (Å²) in [5.74, 6) is -1.12. The Morgan fingerprint density at radius 1 is 1.06 bits per heavy atom. The number of carboxylic acids is 1. The molecule has 35 heavy (non-hydrogen) atoms. The van der Waals surface area contributed by atoms with Crippen LogP contribution in [-0.4, -0.2) is 67.3 Å². The van der Waals surface area contributed by atoms with Crippen molar-refractivity contribution >= 4 is 18.0 Å². The predicted molar refractivity (Wildman–Crippen MR) is 130 cm³/mol. The highest BCUT2D eigenvalue weighted by Crippen LogP contribution is 2.63. The van der Waals surface area contributed by atoms with Crippen LogP contribution in [0.2, 0.25) is 0 Å². The maximum atomic E-state index is 12.9. The van der Waals surface area contributed by atoms with E-state index in [1.54, 1.807) is 19.0 Å². The molecule has 8 heteroatoms. The molecule has 2 aromatic carbocycles. The molecule has 0 aliphatic heterocycles. The van der Waals surface area contributed by atoms with Gasteiger partial charge in [0, 0.05) is 18.5 Å². The molecule has 2 saturated carbocycles. The summed E-state index contributed by atoms with van der Waals surface area (Å²) in [5, 5.41) is 15.1. The zero-order valence-electron chi connectivity index (χ0n) is 20.0. The average Bonchev–Trinajstić information content (AvgIpc) is 3.25. The maximum absolute atomic E-state index is 12.9. The third-order valence-corrected chi connectivity index (χ3v) is 7.68. The van der Waals surface area contributed by atoms with E-state index in [0.29, 0.717) is 12.8 Å². The molecule has 4 atom stereocenters. The van der Waals surface area contributed by atoms with Gasteiger partial charge in [0.2, 0.25) is 5.91 Å². The van der Waals surface area contributed by atoms with Crippen molar-refractivity contribution in [3.05, 3.63) is 59.7 Å². The number of carbonyl (C=O) groups is 3. The first-order valence-corrected chi connectivity index (χ1v) is 12.1. The lowest BCUT2D eigenvalue weighted by Gasteiger charge is -2.22. The second kappa shape index (κ2) is 9.00. The van der Waals surface area contributed by atoms with Crippen LogP contribution in [0.4, 0.5) is 4.79 Å². The highest BCUT2D eigenvalue weighted by Gasteiger charge is 2.65. The number of nitrogens with zero attached hydrogens (tertiary/aromatic N) is 1. The van der Waals surface area contributed by atoms with E-state index in [-0.39, 0.29) is 36.9 Å². The quantitative estimate of drug-likeness (QED) is 0.540. The molecule has 184 valence electrons. The standard InChI is InChI=1S/C27H31N3O5/c1-30(2)14-23(24(31)32)29-25(33)27-12-16(27)11-17(13-27)28-26(34)35-15-22-20-9-5-3-7-18(20)19-8-4-6-10-21(19)22/h3-10,16-17,22-23H,11-15H2,1-2H3,(H,28,34)(H,29,33)(H,31,32)/t16-,17+,23-,27+/m0/s1. The minimum Gasteiger partial charge on any atom is -0.480 e. The van der Waals surface area contributed by atoms with Crippen LogP contribution in [0.25, 0.3) is 11.1 Å². The number of hydrogen-bond donors (Lipinski definition) is 3. The lowest BCUT2D eigenvalue weighted by Crippen LogP contribution is -2.49. The van der Waals surface area contributed by atoms with Crippen molar-refractivity contribution < 1.29 is 24.2 Å². The van der Waals surface area contributed by atoms with E-state index in [4.69, 9.17) is 4.74 Å². The summed E-state index contributed by atoms with van der Waals surface area (Å²) in [7, 11) is 3.54. The van der Waals surface area contributed by atoms with Crippen LogP contribution in [0.5, 0.6) is 0 Å².